The van der Waals surface area contributed by atoms with Gasteiger partial charge in [0.05, 0.1) is 19.8 Å². The van der Waals surface area contributed by atoms with Gasteiger partial charge in [-0.2, -0.15) is 0 Å². The van der Waals surface area contributed by atoms with Gasteiger partial charge in [0.1, 0.15) is 0 Å². The molecule has 7 nitrogen and oxygen atoms in total. The van der Waals surface area contributed by atoms with E-state index in [4.69, 9.17) is 42.2 Å². The van der Waals surface area contributed by atoms with Gasteiger partial charge in [-0.3, -0.25) is 0 Å². The number of hydrogen-bond donors (Lipinski definition) is 7. The molecular formula is C12H24O7. The molecule has 0 amide bonds. The number of hydrogen-bond acceptors (Lipinski definition) is 7. The van der Waals surface area contributed by atoms with E-state index in [1.54, 1.807) is 5.92 Å². The fourth-order valence-electron chi connectivity index (χ4n) is 0.343. The molecule has 7 heteroatoms. The van der Waals surface area contributed by atoms with Crippen LogP contribution in [0.15, 0.2) is 0 Å². The van der Waals surface area contributed by atoms with Gasteiger partial charge in [-0.1, -0.05) is 26.7 Å². The average Bonchev–Trinajstić information content (AvgIpc) is 2.37. The summed E-state index contributed by atoms with van der Waals surface area (Å²) >= 11 is 0. The lowest BCUT2D eigenvalue weighted by atomic mass is 10.1. The van der Waals surface area contributed by atoms with E-state index in [0.717, 1.165) is 0 Å². The molecule has 1 atom stereocenters. The normalized spacial score (nSPS) is 12.5. The maximum Gasteiger partial charge on any atom is 0.199 e. The minimum atomic E-state index is -2.22. The van der Waals surface area contributed by atoms with Gasteiger partial charge in [0, 0.05) is 0 Å². The summed E-state index contributed by atoms with van der Waals surface area (Å²) in [6, 6.07) is 0. The Hall–Kier alpha value is -1.16. The lowest BCUT2D eigenvalue weighted by Crippen LogP contribution is -2.44. The van der Waals surface area contributed by atoms with Crippen LogP contribution in [0.3, 0.4) is 0 Å². The fourth-order valence-corrected chi connectivity index (χ4v) is 0.343. The Labute approximate surface area is 113 Å². The number of terminal acetylenes is 2. The van der Waals surface area contributed by atoms with E-state index in [2.05, 4.69) is 6.42 Å². The van der Waals surface area contributed by atoms with Crippen LogP contribution >= 0.6 is 0 Å². The first-order valence-electron chi connectivity index (χ1n) is 4.34. The van der Waals surface area contributed by atoms with Crippen molar-refractivity contribution in [1.29, 1.82) is 0 Å². The molecule has 7 N–H and O–H groups in total. The van der Waals surface area contributed by atoms with Crippen LogP contribution in [-0.2, 0) is 0 Å². The van der Waals surface area contributed by atoms with Gasteiger partial charge >= 0.3 is 0 Å². The lowest BCUT2D eigenvalue weighted by Gasteiger charge is -2.20. The molecular weight excluding hydrogens is 256 g/mol. The monoisotopic (exact) mass is 280 g/mol. The molecule has 0 aliphatic rings. The molecule has 0 fully saturated rings. The predicted octanol–water partition coefficient (Wildman–Crippen LogP) is -2.74. The van der Waals surface area contributed by atoms with Gasteiger partial charge in [-0.05, 0) is 0 Å². The van der Waals surface area contributed by atoms with E-state index in [-0.39, 0.29) is 14.9 Å². The molecule has 0 aliphatic heterocycles. The van der Waals surface area contributed by atoms with E-state index < -0.39 is 37.3 Å². The van der Waals surface area contributed by atoms with Gasteiger partial charge in [0.25, 0.3) is 0 Å². The van der Waals surface area contributed by atoms with E-state index in [9.17, 15) is 0 Å². The third-order valence-corrected chi connectivity index (χ3v) is 1.71. The summed E-state index contributed by atoms with van der Waals surface area (Å²) in [6.45, 7) is -2.10. The van der Waals surface area contributed by atoms with Crippen LogP contribution in [0.4, 0.5) is 0 Å². The van der Waals surface area contributed by atoms with Crippen LogP contribution < -0.4 is 0 Å². The lowest BCUT2D eigenvalue weighted by molar-refractivity contribution is -0.170. The molecule has 0 aromatic rings. The molecule has 0 saturated heterocycles. The smallest absolute Gasteiger partial charge is 0.199 e. The maximum atomic E-state index is 8.72. The molecule has 0 heterocycles. The highest BCUT2D eigenvalue weighted by atomic mass is 16.5. The summed E-state index contributed by atoms with van der Waals surface area (Å²) in [4.78, 5) is 0. The Bertz CT molecular complexity index is 285. The highest BCUT2D eigenvalue weighted by molar-refractivity contribution is 5.08. The second kappa shape index (κ2) is 11.9. The summed E-state index contributed by atoms with van der Waals surface area (Å²) in [7, 11) is 0. The zero-order valence-electron chi connectivity index (χ0n) is 8.98. The zero-order chi connectivity index (χ0) is 14.1. The van der Waals surface area contributed by atoms with Crippen LogP contribution in [0.2, 0.25) is 0 Å². The predicted molar refractivity (Wildman–Crippen MR) is 70.5 cm³/mol. The minimum Gasteiger partial charge on any atom is -0.392 e. The topological polar surface area (TPSA) is 142 Å². The van der Waals surface area contributed by atoms with Crippen molar-refractivity contribution in [1.82, 2.24) is 0 Å². The summed E-state index contributed by atoms with van der Waals surface area (Å²) in [6.07, 6.45) is 7.24. The van der Waals surface area contributed by atoms with E-state index in [1.165, 1.54) is 0 Å². The van der Waals surface area contributed by atoms with Crippen molar-refractivity contribution in [2.45, 2.75) is 32.3 Å². The first-order chi connectivity index (χ1) is 7.75. The second-order valence-electron chi connectivity index (χ2n) is 3.09. The molecule has 19 heavy (non-hydrogen) atoms. The minimum absolute atomic E-state index is 0. The molecule has 0 unspecified atom stereocenters. The fraction of sp³-hybridized carbons (Fsp3) is 0.667. The average molecular weight is 280 g/mol. The van der Waals surface area contributed by atoms with Crippen molar-refractivity contribution in [3.63, 3.8) is 0 Å². The third kappa shape index (κ3) is 9.42. The largest absolute Gasteiger partial charge is 0.392 e. The maximum absolute atomic E-state index is 8.72. The van der Waals surface area contributed by atoms with Crippen molar-refractivity contribution < 1.29 is 35.7 Å². The van der Waals surface area contributed by atoms with E-state index in [0.29, 0.717) is 0 Å². The SMILES string of the molecule is C.C.C#CC(O)(CO)CO.C#C[C@@](O)(CO)C(O)O. The molecule has 0 spiro atoms. The van der Waals surface area contributed by atoms with Crippen molar-refractivity contribution in [3.8, 4) is 24.7 Å². The van der Waals surface area contributed by atoms with E-state index in [1.807, 2.05) is 5.92 Å². The van der Waals surface area contributed by atoms with Crippen molar-refractivity contribution in [2.24, 2.45) is 0 Å². The van der Waals surface area contributed by atoms with Crippen molar-refractivity contribution >= 4 is 0 Å². The number of aliphatic hydroxyl groups excluding tert-OH is 4. The Balaban J connectivity index is -0.000000108. The Morgan fingerprint density at radius 3 is 1.21 bits per heavy atom. The summed E-state index contributed by atoms with van der Waals surface area (Å²) in [5, 5.41) is 58.7. The second-order valence-corrected chi connectivity index (χ2v) is 3.09. The van der Waals surface area contributed by atoms with Gasteiger partial charge in [-0.25, -0.2) is 0 Å². The number of aliphatic hydroxyl groups is 7. The van der Waals surface area contributed by atoms with Crippen LogP contribution in [0, 0.1) is 24.7 Å². The summed E-state index contributed by atoms with van der Waals surface area (Å²) in [5.41, 5.74) is -3.96. The summed E-state index contributed by atoms with van der Waals surface area (Å²) < 4.78 is 0. The molecule has 114 valence electrons. The molecule has 0 bridgehead atoms. The van der Waals surface area contributed by atoms with Gasteiger partial charge < -0.3 is 35.7 Å². The van der Waals surface area contributed by atoms with Crippen molar-refractivity contribution in [3.05, 3.63) is 0 Å². The van der Waals surface area contributed by atoms with Gasteiger partial charge in [-0.15, -0.1) is 12.8 Å². The van der Waals surface area contributed by atoms with Crippen molar-refractivity contribution in [2.75, 3.05) is 19.8 Å². The summed E-state index contributed by atoms with van der Waals surface area (Å²) in [5.74, 6) is 3.47. The van der Waals surface area contributed by atoms with Crippen LogP contribution in [0.1, 0.15) is 14.9 Å². The molecule has 0 rings (SSSR count). The highest BCUT2D eigenvalue weighted by Crippen LogP contribution is 2.04. The Morgan fingerprint density at radius 2 is 1.21 bits per heavy atom. The zero-order valence-corrected chi connectivity index (χ0v) is 8.98. The van der Waals surface area contributed by atoms with Gasteiger partial charge in [0.2, 0.25) is 0 Å². The molecule has 0 aliphatic carbocycles. The molecule has 0 radical (unpaired) electrons. The molecule has 0 saturated carbocycles. The van der Waals surface area contributed by atoms with Crippen LogP contribution in [0.25, 0.3) is 0 Å². The first-order valence-corrected chi connectivity index (χ1v) is 4.34. The Kier molecular flexibility index (Phi) is 16.5. The molecule has 0 aromatic heterocycles. The standard InChI is InChI=1S/C5H8O4.C5H8O3.2CH4/c1-2-5(9,3-6)4(7)8;1-2-5(8,3-6)4-7;;/h1,4,6-9H,3H2;1,6-8H,3-4H2;2*1H4/t5-;;;/m1.../s1. The third-order valence-electron chi connectivity index (χ3n) is 1.71. The molecule has 0 aromatic carbocycles. The Morgan fingerprint density at radius 1 is 0.842 bits per heavy atom. The van der Waals surface area contributed by atoms with Crippen LogP contribution in [-0.4, -0.2) is 73.1 Å². The first kappa shape index (κ1) is 26.4. The highest BCUT2D eigenvalue weighted by Gasteiger charge is 2.31. The quantitative estimate of drug-likeness (QED) is 0.219. The van der Waals surface area contributed by atoms with E-state index >= 15 is 0 Å². The van der Waals surface area contributed by atoms with Crippen LogP contribution in [0.5, 0.6) is 0 Å². The number of rotatable bonds is 4. The van der Waals surface area contributed by atoms with Gasteiger partial charge in [0.15, 0.2) is 17.5 Å².